The highest BCUT2D eigenvalue weighted by Crippen LogP contribution is 2.38. The van der Waals surface area contributed by atoms with Gasteiger partial charge in [-0.2, -0.15) is 0 Å². The fourth-order valence-electron chi connectivity index (χ4n) is 3.68. The Morgan fingerprint density at radius 2 is 1.88 bits per heavy atom. The molecule has 2 heteroatoms. The first-order valence-electron chi connectivity index (χ1n) is 8.95. The molecule has 126 valence electrons. The molecular weight excluding hydrogens is 294 g/mol. The number of H-pyrrole nitrogens is 1. The van der Waals surface area contributed by atoms with Crippen LogP contribution in [-0.4, -0.2) is 12.1 Å². The topological polar surface area (TPSA) is 25.0 Å². The maximum Gasteiger partial charge on any atom is 0.119 e. The van der Waals surface area contributed by atoms with Crippen LogP contribution >= 0.6 is 0 Å². The fourth-order valence-corrected chi connectivity index (χ4v) is 3.68. The standard InChI is InChI=1S/C22H27NO/c1-4-5-6-12-19(17-10-9-11-18(15-17)24-3)22-16(2)23-21-14-8-7-13-20(21)22/h7-11,13-15,19,23H,4-6,12H2,1-3H3. The number of aromatic nitrogens is 1. The molecule has 1 atom stereocenters. The fraction of sp³-hybridized carbons (Fsp3) is 0.364. The molecule has 1 heterocycles. The maximum absolute atomic E-state index is 5.46. The summed E-state index contributed by atoms with van der Waals surface area (Å²) in [4.78, 5) is 3.57. The van der Waals surface area contributed by atoms with E-state index in [2.05, 4.69) is 61.3 Å². The summed E-state index contributed by atoms with van der Waals surface area (Å²) in [6.45, 7) is 4.46. The Labute approximate surface area is 144 Å². The van der Waals surface area contributed by atoms with Gasteiger partial charge in [0.15, 0.2) is 0 Å². The molecule has 0 aliphatic carbocycles. The van der Waals surface area contributed by atoms with E-state index in [0.29, 0.717) is 5.92 Å². The largest absolute Gasteiger partial charge is 0.497 e. The second-order valence-electron chi connectivity index (χ2n) is 6.53. The van der Waals surface area contributed by atoms with Crippen LogP contribution in [-0.2, 0) is 0 Å². The summed E-state index contributed by atoms with van der Waals surface area (Å²) in [7, 11) is 1.74. The monoisotopic (exact) mass is 321 g/mol. The normalized spacial score (nSPS) is 12.5. The lowest BCUT2D eigenvalue weighted by Crippen LogP contribution is -2.03. The molecule has 1 aromatic heterocycles. The van der Waals surface area contributed by atoms with Gasteiger partial charge >= 0.3 is 0 Å². The number of unbranched alkanes of at least 4 members (excludes halogenated alkanes) is 2. The molecule has 0 aliphatic rings. The number of benzene rings is 2. The Kier molecular flexibility index (Phi) is 5.24. The van der Waals surface area contributed by atoms with Crippen LogP contribution in [0.4, 0.5) is 0 Å². The Bertz CT molecular complexity index is 803. The molecule has 1 unspecified atom stereocenters. The number of aryl methyl sites for hydroxylation is 1. The van der Waals surface area contributed by atoms with E-state index in [1.807, 2.05) is 6.07 Å². The van der Waals surface area contributed by atoms with Crippen molar-refractivity contribution in [3.63, 3.8) is 0 Å². The summed E-state index contributed by atoms with van der Waals surface area (Å²) >= 11 is 0. The van der Waals surface area contributed by atoms with Crippen LogP contribution in [0, 0.1) is 6.92 Å². The number of para-hydroxylation sites is 1. The SMILES string of the molecule is CCCCCC(c1cccc(OC)c1)c1c(C)[nH]c2ccccc12. The molecule has 3 rings (SSSR count). The van der Waals surface area contributed by atoms with Crippen molar-refractivity contribution in [1.82, 2.24) is 4.98 Å². The summed E-state index contributed by atoms with van der Waals surface area (Å²) in [5, 5.41) is 1.35. The molecule has 0 amide bonds. The number of hydrogen-bond acceptors (Lipinski definition) is 1. The minimum absolute atomic E-state index is 0.405. The summed E-state index contributed by atoms with van der Waals surface area (Å²) in [6, 6.07) is 17.2. The average Bonchev–Trinajstić information content (AvgIpc) is 2.95. The molecule has 2 aromatic carbocycles. The third-order valence-electron chi connectivity index (χ3n) is 4.88. The van der Waals surface area contributed by atoms with E-state index in [0.717, 1.165) is 5.75 Å². The summed E-state index contributed by atoms with van der Waals surface area (Å²) in [5.74, 6) is 1.34. The van der Waals surface area contributed by atoms with Crippen molar-refractivity contribution in [2.75, 3.05) is 7.11 Å². The van der Waals surface area contributed by atoms with Gasteiger partial charge < -0.3 is 9.72 Å². The van der Waals surface area contributed by atoms with Crippen molar-refractivity contribution < 1.29 is 4.74 Å². The lowest BCUT2D eigenvalue weighted by atomic mass is 9.85. The van der Waals surface area contributed by atoms with Crippen molar-refractivity contribution in [3.8, 4) is 5.75 Å². The predicted molar refractivity (Wildman–Crippen MR) is 102 cm³/mol. The van der Waals surface area contributed by atoms with Crippen LogP contribution in [0.3, 0.4) is 0 Å². The third kappa shape index (κ3) is 3.33. The number of hydrogen-bond donors (Lipinski definition) is 1. The van der Waals surface area contributed by atoms with Crippen LogP contribution in [0.25, 0.3) is 10.9 Å². The van der Waals surface area contributed by atoms with Gasteiger partial charge in [0.25, 0.3) is 0 Å². The van der Waals surface area contributed by atoms with E-state index in [4.69, 9.17) is 4.74 Å². The number of rotatable bonds is 7. The van der Waals surface area contributed by atoms with Crippen molar-refractivity contribution in [2.24, 2.45) is 0 Å². The van der Waals surface area contributed by atoms with E-state index in [1.54, 1.807) is 7.11 Å². The second kappa shape index (κ2) is 7.57. The number of aromatic amines is 1. The van der Waals surface area contributed by atoms with E-state index in [-0.39, 0.29) is 0 Å². The molecule has 3 aromatic rings. The van der Waals surface area contributed by atoms with Crippen molar-refractivity contribution in [2.45, 2.75) is 45.4 Å². The molecule has 0 bridgehead atoms. The Hall–Kier alpha value is -2.22. The summed E-state index contributed by atoms with van der Waals surface area (Å²) < 4.78 is 5.46. The number of nitrogens with one attached hydrogen (secondary N) is 1. The first-order chi connectivity index (χ1) is 11.7. The Balaban J connectivity index is 2.07. The third-order valence-corrected chi connectivity index (χ3v) is 4.88. The molecule has 0 spiro atoms. The molecule has 0 saturated carbocycles. The van der Waals surface area contributed by atoms with Crippen LogP contribution in [0.2, 0.25) is 0 Å². The quantitative estimate of drug-likeness (QED) is 0.515. The smallest absolute Gasteiger partial charge is 0.119 e. The van der Waals surface area contributed by atoms with E-state index < -0.39 is 0 Å². The molecule has 24 heavy (non-hydrogen) atoms. The Morgan fingerprint density at radius 1 is 1.04 bits per heavy atom. The summed E-state index contributed by atoms with van der Waals surface area (Å²) in [5.41, 5.74) is 5.29. The molecular formula is C22H27NO. The van der Waals surface area contributed by atoms with E-state index in [1.165, 1.54) is 53.4 Å². The predicted octanol–water partition coefficient (Wildman–Crippen LogP) is 6.20. The van der Waals surface area contributed by atoms with Gasteiger partial charge in [0, 0.05) is 22.5 Å². The first-order valence-corrected chi connectivity index (χ1v) is 8.95. The maximum atomic E-state index is 5.46. The van der Waals surface area contributed by atoms with Gasteiger partial charge in [-0.05, 0) is 42.7 Å². The lowest BCUT2D eigenvalue weighted by Gasteiger charge is -2.19. The van der Waals surface area contributed by atoms with Gasteiger partial charge in [-0.15, -0.1) is 0 Å². The molecule has 0 saturated heterocycles. The molecule has 0 radical (unpaired) electrons. The van der Waals surface area contributed by atoms with Gasteiger partial charge in [-0.3, -0.25) is 0 Å². The van der Waals surface area contributed by atoms with E-state index in [9.17, 15) is 0 Å². The van der Waals surface area contributed by atoms with Gasteiger partial charge in [-0.1, -0.05) is 56.5 Å². The van der Waals surface area contributed by atoms with Crippen molar-refractivity contribution in [3.05, 3.63) is 65.4 Å². The molecule has 2 nitrogen and oxygen atoms in total. The van der Waals surface area contributed by atoms with Gasteiger partial charge in [0.05, 0.1) is 7.11 Å². The van der Waals surface area contributed by atoms with Gasteiger partial charge in [0.1, 0.15) is 5.75 Å². The zero-order chi connectivity index (χ0) is 16.9. The van der Waals surface area contributed by atoms with E-state index >= 15 is 0 Å². The van der Waals surface area contributed by atoms with Crippen LogP contribution in [0.5, 0.6) is 5.75 Å². The zero-order valence-corrected chi connectivity index (χ0v) is 14.9. The van der Waals surface area contributed by atoms with Crippen molar-refractivity contribution in [1.29, 1.82) is 0 Å². The Morgan fingerprint density at radius 3 is 2.67 bits per heavy atom. The number of ether oxygens (including phenoxy) is 1. The highest BCUT2D eigenvalue weighted by atomic mass is 16.5. The highest BCUT2D eigenvalue weighted by molar-refractivity contribution is 5.85. The van der Waals surface area contributed by atoms with Gasteiger partial charge in [0.2, 0.25) is 0 Å². The molecule has 0 aliphatic heterocycles. The summed E-state index contributed by atoms with van der Waals surface area (Å²) in [6.07, 6.45) is 4.95. The molecule has 0 fully saturated rings. The lowest BCUT2D eigenvalue weighted by molar-refractivity contribution is 0.414. The minimum Gasteiger partial charge on any atom is -0.497 e. The zero-order valence-electron chi connectivity index (χ0n) is 14.9. The minimum atomic E-state index is 0.405. The second-order valence-corrected chi connectivity index (χ2v) is 6.53. The van der Waals surface area contributed by atoms with Crippen LogP contribution in [0.15, 0.2) is 48.5 Å². The van der Waals surface area contributed by atoms with Gasteiger partial charge in [-0.25, -0.2) is 0 Å². The number of fused-ring (bicyclic) bond motifs is 1. The highest BCUT2D eigenvalue weighted by Gasteiger charge is 2.20. The van der Waals surface area contributed by atoms with Crippen molar-refractivity contribution >= 4 is 10.9 Å². The number of methoxy groups -OCH3 is 1. The average molecular weight is 321 g/mol. The molecule has 1 N–H and O–H groups in total. The van der Waals surface area contributed by atoms with Crippen LogP contribution in [0.1, 0.15) is 55.3 Å². The van der Waals surface area contributed by atoms with Crippen LogP contribution < -0.4 is 4.74 Å². The first kappa shape index (κ1) is 16.6.